The van der Waals surface area contributed by atoms with Crippen LogP contribution in [0.15, 0.2) is 0 Å². The van der Waals surface area contributed by atoms with Crippen molar-refractivity contribution in [2.24, 2.45) is 0 Å². The Morgan fingerprint density at radius 3 is 2.61 bits per heavy atom. The molecule has 0 aliphatic carbocycles. The first-order chi connectivity index (χ1) is 10.7. The summed E-state index contributed by atoms with van der Waals surface area (Å²) >= 11 is 1.30. The summed E-state index contributed by atoms with van der Waals surface area (Å²) in [6, 6.07) is 1.48. The highest BCUT2D eigenvalue weighted by molar-refractivity contribution is 7.16. The van der Waals surface area contributed by atoms with Crippen molar-refractivity contribution >= 4 is 34.2 Å². The molecule has 1 unspecified atom stereocenters. The van der Waals surface area contributed by atoms with E-state index in [0.717, 1.165) is 15.3 Å². The van der Waals surface area contributed by atoms with Crippen molar-refractivity contribution < 1.29 is 14.4 Å². The zero-order valence-electron chi connectivity index (χ0n) is 13.4. The van der Waals surface area contributed by atoms with Crippen LogP contribution >= 0.6 is 11.3 Å². The molecule has 122 valence electrons. The maximum atomic E-state index is 12.3. The molecular formula is C15H18N4O3S. The van der Waals surface area contributed by atoms with E-state index in [1.807, 2.05) is 13.8 Å². The highest BCUT2D eigenvalue weighted by atomic mass is 32.1. The molecule has 4 amide bonds. The van der Waals surface area contributed by atoms with Gasteiger partial charge in [0, 0.05) is 4.88 Å². The first-order valence-corrected chi connectivity index (χ1v) is 7.99. The van der Waals surface area contributed by atoms with Crippen LogP contribution in [0.4, 0.5) is 9.80 Å². The van der Waals surface area contributed by atoms with E-state index in [4.69, 9.17) is 0 Å². The third-order valence-corrected chi connectivity index (χ3v) is 5.23. The van der Waals surface area contributed by atoms with Crippen LogP contribution in [-0.2, 0) is 9.59 Å². The molecule has 8 heteroatoms. The molecule has 0 saturated carbocycles. The molecule has 1 saturated heterocycles. The molecule has 1 atom stereocenters. The summed E-state index contributed by atoms with van der Waals surface area (Å²) in [5.74, 6) is -0.925. The Kier molecular flexibility index (Phi) is 4.43. The average molecular weight is 334 g/mol. The molecule has 0 aromatic carbocycles. The fourth-order valence-electron chi connectivity index (χ4n) is 2.29. The van der Waals surface area contributed by atoms with Crippen molar-refractivity contribution in [3.05, 3.63) is 16.0 Å². The summed E-state index contributed by atoms with van der Waals surface area (Å²) in [6.07, 6.45) is 0.442. The summed E-state index contributed by atoms with van der Waals surface area (Å²) in [5, 5.41) is 14.8. The van der Waals surface area contributed by atoms with Gasteiger partial charge in [-0.25, -0.2) is 4.79 Å². The molecule has 0 radical (unpaired) electrons. The molecule has 1 aromatic rings. The molecule has 1 aromatic heterocycles. The van der Waals surface area contributed by atoms with E-state index in [-0.39, 0.29) is 6.54 Å². The van der Waals surface area contributed by atoms with Gasteiger partial charge in [-0.05, 0) is 32.8 Å². The number of hydrogen-bond donors (Lipinski definition) is 2. The van der Waals surface area contributed by atoms with Crippen molar-refractivity contribution in [2.75, 3.05) is 11.9 Å². The standard InChI is InChI=1S/C15H18N4O3S/c1-5-15(4)13(21)19(14(22)18-15)7-11(20)17-12-10(6-16)8(2)9(3)23-12/h5,7H2,1-4H3,(H,17,20)(H,18,22). The minimum Gasteiger partial charge on any atom is -0.323 e. The molecule has 23 heavy (non-hydrogen) atoms. The van der Waals surface area contributed by atoms with Gasteiger partial charge in [-0.3, -0.25) is 14.5 Å². The Morgan fingerprint density at radius 2 is 2.09 bits per heavy atom. The van der Waals surface area contributed by atoms with E-state index in [1.165, 1.54) is 11.3 Å². The van der Waals surface area contributed by atoms with Gasteiger partial charge >= 0.3 is 6.03 Å². The fourth-order valence-corrected chi connectivity index (χ4v) is 3.32. The fraction of sp³-hybridized carbons (Fsp3) is 0.467. The van der Waals surface area contributed by atoms with Crippen LogP contribution in [0.1, 0.15) is 36.3 Å². The van der Waals surface area contributed by atoms with Gasteiger partial charge in [-0.2, -0.15) is 5.26 Å². The van der Waals surface area contributed by atoms with Crippen LogP contribution < -0.4 is 10.6 Å². The van der Waals surface area contributed by atoms with E-state index in [9.17, 15) is 19.6 Å². The van der Waals surface area contributed by atoms with Crippen molar-refractivity contribution in [3.8, 4) is 6.07 Å². The number of nitriles is 1. The number of thiophene rings is 1. The predicted octanol–water partition coefficient (Wildman–Crippen LogP) is 1.90. The number of amides is 4. The maximum absolute atomic E-state index is 12.3. The molecule has 0 bridgehead atoms. The highest BCUT2D eigenvalue weighted by Crippen LogP contribution is 2.31. The van der Waals surface area contributed by atoms with Gasteiger partial charge < -0.3 is 10.6 Å². The monoisotopic (exact) mass is 334 g/mol. The lowest BCUT2D eigenvalue weighted by atomic mass is 9.99. The average Bonchev–Trinajstić information content (AvgIpc) is 2.88. The lowest BCUT2D eigenvalue weighted by molar-refractivity contribution is -0.133. The molecule has 7 nitrogen and oxygen atoms in total. The zero-order chi connectivity index (χ0) is 17.4. The molecule has 0 spiro atoms. The number of carbonyl (C=O) groups excluding carboxylic acids is 3. The molecule has 2 N–H and O–H groups in total. The molecule has 2 rings (SSSR count). The van der Waals surface area contributed by atoms with Crippen molar-refractivity contribution in [1.29, 1.82) is 5.26 Å². The van der Waals surface area contributed by atoms with Gasteiger partial charge in [0.15, 0.2) is 0 Å². The second-order valence-corrected chi connectivity index (χ2v) is 6.88. The van der Waals surface area contributed by atoms with Crippen molar-refractivity contribution in [1.82, 2.24) is 10.2 Å². The van der Waals surface area contributed by atoms with E-state index in [2.05, 4.69) is 16.7 Å². The summed E-state index contributed by atoms with van der Waals surface area (Å²) < 4.78 is 0. The molecule has 2 heterocycles. The second-order valence-electron chi connectivity index (χ2n) is 5.65. The topological polar surface area (TPSA) is 102 Å². The number of rotatable bonds is 4. The Hall–Kier alpha value is -2.40. The van der Waals surface area contributed by atoms with Gasteiger partial charge in [0.2, 0.25) is 5.91 Å². The van der Waals surface area contributed by atoms with Gasteiger partial charge in [-0.15, -0.1) is 11.3 Å². The van der Waals surface area contributed by atoms with Crippen LogP contribution in [0.5, 0.6) is 0 Å². The van der Waals surface area contributed by atoms with Crippen LogP contribution in [0.3, 0.4) is 0 Å². The van der Waals surface area contributed by atoms with Crippen molar-refractivity contribution in [3.63, 3.8) is 0 Å². The molecule has 1 aliphatic heterocycles. The number of hydrogen-bond acceptors (Lipinski definition) is 5. The SMILES string of the molecule is CCC1(C)NC(=O)N(CC(=O)Nc2sc(C)c(C)c2C#N)C1=O. The Bertz CT molecular complexity index is 734. The number of nitrogens with zero attached hydrogens (tertiary/aromatic N) is 2. The molecular weight excluding hydrogens is 316 g/mol. The first kappa shape index (κ1) is 17.0. The van der Waals surface area contributed by atoms with E-state index in [0.29, 0.717) is 17.0 Å². The van der Waals surface area contributed by atoms with Crippen LogP contribution in [0, 0.1) is 25.2 Å². The van der Waals surface area contributed by atoms with Crippen LogP contribution in [0.2, 0.25) is 0 Å². The van der Waals surface area contributed by atoms with Gasteiger partial charge in [-0.1, -0.05) is 6.92 Å². The lowest BCUT2D eigenvalue weighted by Gasteiger charge is -2.19. The number of aryl methyl sites for hydroxylation is 1. The lowest BCUT2D eigenvalue weighted by Crippen LogP contribution is -2.44. The summed E-state index contributed by atoms with van der Waals surface area (Å²) in [5.41, 5.74) is 0.267. The summed E-state index contributed by atoms with van der Waals surface area (Å²) in [7, 11) is 0. The third-order valence-electron chi connectivity index (χ3n) is 4.10. The number of imide groups is 1. The predicted molar refractivity (Wildman–Crippen MR) is 86.1 cm³/mol. The Labute approximate surface area is 138 Å². The van der Waals surface area contributed by atoms with Crippen LogP contribution in [-0.4, -0.2) is 34.8 Å². The van der Waals surface area contributed by atoms with E-state index in [1.54, 1.807) is 13.8 Å². The van der Waals surface area contributed by atoms with Gasteiger partial charge in [0.25, 0.3) is 5.91 Å². The Morgan fingerprint density at radius 1 is 1.43 bits per heavy atom. The molecule has 1 fully saturated rings. The minimum absolute atomic E-state index is 0.374. The zero-order valence-corrected chi connectivity index (χ0v) is 14.3. The minimum atomic E-state index is -0.967. The number of anilines is 1. The maximum Gasteiger partial charge on any atom is 0.325 e. The van der Waals surface area contributed by atoms with E-state index >= 15 is 0 Å². The summed E-state index contributed by atoms with van der Waals surface area (Å²) in [6.45, 7) is 6.72. The van der Waals surface area contributed by atoms with E-state index < -0.39 is 23.4 Å². The first-order valence-electron chi connectivity index (χ1n) is 7.17. The number of urea groups is 1. The van der Waals surface area contributed by atoms with Crippen LogP contribution in [0.25, 0.3) is 0 Å². The van der Waals surface area contributed by atoms with Crippen molar-refractivity contribution in [2.45, 2.75) is 39.7 Å². The quantitative estimate of drug-likeness (QED) is 0.821. The number of nitrogens with one attached hydrogen (secondary N) is 2. The largest absolute Gasteiger partial charge is 0.325 e. The van der Waals surface area contributed by atoms with Gasteiger partial charge in [0.1, 0.15) is 23.2 Å². The Balaban J connectivity index is 2.12. The highest BCUT2D eigenvalue weighted by Gasteiger charge is 2.47. The summed E-state index contributed by atoms with van der Waals surface area (Å²) in [4.78, 5) is 38.1. The second kappa shape index (κ2) is 6.01. The number of carbonyl (C=O) groups is 3. The molecule has 1 aliphatic rings. The van der Waals surface area contributed by atoms with Gasteiger partial charge in [0.05, 0.1) is 5.56 Å². The third kappa shape index (κ3) is 2.92. The smallest absolute Gasteiger partial charge is 0.323 e. The normalized spacial score (nSPS) is 20.4.